The van der Waals surface area contributed by atoms with Gasteiger partial charge in [0, 0.05) is 30.6 Å². The van der Waals surface area contributed by atoms with Gasteiger partial charge in [0.15, 0.2) is 15.7 Å². The van der Waals surface area contributed by atoms with Crippen molar-refractivity contribution in [2.75, 3.05) is 18.0 Å². The fraction of sp³-hybridized carbons (Fsp3) is 0.350. The van der Waals surface area contributed by atoms with E-state index >= 15 is 0 Å². The summed E-state index contributed by atoms with van der Waals surface area (Å²) in [7, 11) is -3.18. The number of anilines is 1. The first kappa shape index (κ1) is 20.1. The SMILES string of the molecule is CCc1nc2c(N)nc3ccccc3c2n1CCCCN(C(N)=O)C1=CS(=O)(=O)C1. The van der Waals surface area contributed by atoms with Gasteiger partial charge in [0.05, 0.1) is 22.2 Å². The van der Waals surface area contributed by atoms with Gasteiger partial charge in [-0.1, -0.05) is 25.1 Å². The molecule has 9 nitrogen and oxygen atoms in total. The molecule has 2 amide bonds. The first-order chi connectivity index (χ1) is 14.3. The van der Waals surface area contributed by atoms with Crippen molar-refractivity contribution in [3.8, 4) is 0 Å². The molecule has 2 aromatic heterocycles. The van der Waals surface area contributed by atoms with Crippen molar-refractivity contribution in [3.05, 3.63) is 41.2 Å². The molecule has 0 saturated heterocycles. The molecule has 0 bridgehead atoms. The van der Waals surface area contributed by atoms with Crippen LogP contribution in [0.15, 0.2) is 35.4 Å². The number of pyridine rings is 1. The Kier molecular flexibility index (Phi) is 5.10. The van der Waals surface area contributed by atoms with Crippen molar-refractivity contribution >= 4 is 43.6 Å². The van der Waals surface area contributed by atoms with Gasteiger partial charge in [-0.2, -0.15) is 0 Å². The summed E-state index contributed by atoms with van der Waals surface area (Å²) in [5.74, 6) is 1.20. The molecule has 3 aromatic rings. The van der Waals surface area contributed by atoms with E-state index in [4.69, 9.17) is 16.5 Å². The van der Waals surface area contributed by atoms with Gasteiger partial charge in [-0.15, -0.1) is 0 Å². The van der Waals surface area contributed by atoms with Gasteiger partial charge in [-0.3, -0.25) is 4.90 Å². The highest BCUT2D eigenvalue weighted by molar-refractivity contribution is 7.95. The van der Waals surface area contributed by atoms with Gasteiger partial charge in [0.25, 0.3) is 0 Å². The smallest absolute Gasteiger partial charge is 0.319 e. The maximum absolute atomic E-state index is 11.7. The van der Waals surface area contributed by atoms with Gasteiger partial charge in [-0.25, -0.2) is 23.2 Å². The number of nitrogens with zero attached hydrogens (tertiary/aromatic N) is 4. The summed E-state index contributed by atoms with van der Waals surface area (Å²) in [6.07, 6.45) is 2.18. The van der Waals surface area contributed by atoms with Gasteiger partial charge < -0.3 is 16.0 Å². The van der Waals surface area contributed by atoms with E-state index in [0.717, 1.165) is 40.5 Å². The Hall–Kier alpha value is -3.14. The lowest BCUT2D eigenvalue weighted by Crippen LogP contribution is -2.41. The van der Waals surface area contributed by atoms with Crippen molar-refractivity contribution < 1.29 is 13.2 Å². The largest absolute Gasteiger partial charge is 0.382 e. The minimum atomic E-state index is -3.18. The van der Waals surface area contributed by atoms with Gasteiger partial charge >= 0.3 is 6.03 Å². The summed E-state index contributed by atoms with van der Waals surface area (Å²) in [6, 6.07) is 7.20. The predicted octanol–water partition coefficient (Wildman–Crippen LogP) is 2.16. The highest BCUT2D eigenvalue weighted by Crippen LogP contribution is 2.29. The molecule has 0 aliphatic carbocycles. The summed E-state index contributed by atoms with van der Waals surface area (Å²) in [4.78, 5) is 22.2. The normalized spacial score (nSPS) is 15.2. The van der Waals surface area contributed by atoms with Crippen molar-refractivity contribution in [2.24, 2.45) is 5.73 Å². The molecule has 0 unspecified atom stereocenters. The van der Waals surface area contributed by atoms with E-state index in [1.807, 2.05) is 31.2 Å². The number of nitrogen functional groups attached to an aromatic ring is 1. The molecule has 30 heavy (non-hydrogen) atoms. The number of primary amides is 1. The van der Waals surface area contributed by atoms with Crippen LogP contribution in [0, 0.1) is 0 Å². The Morgan fingerprint density at radius 3 is 2.63 bits per heavy atom. The number of nitrogens with two attached hydrogens (primary N) is 2. The molecule has 1 aliphatic heterocycles. The molecule has 158 valence electrons. The van der Waals surface area contributed by atoms with Crippen molar-refractivity contribution in [1.82, 2.24) is 19.4 Å². The predicted molar refractivity (Wildman–Crippen MR) is 116 cm³/mol. The number of benzene rings is 1. The second-order valence-electron chi connectivity index (χ2n) is 7.36. The van der Waals surface area contributed by atoms with Crippen LogP contribution in [0.25, 0.3) is 21.9 Å². The minimum absolute atomic E-state index is 0.139. The number of hydrogen-bond donors (Lipinski definition) is 2. The lowest BCUT2D eigenvalue weighted by molar-refractivity contribution is 0.219. The fourth-order valence-electron chi connectivity index (χ4n) is 3.88. The number of unbranched alkanes of at least 4 members (excludes halogenated alkanes) is 1. The summed E-state index contributed by atoms with van der Waals surface area (Å²) in [5.41, 5.74) is 14.5. The second-order valence-corrected chi connectivity index (χ2v) is 9.21. The molecular formula is C20H24N6O3S. The lowest BCUT2D eigenvalue weighted by atomic mass is 10.2. The van der Waals surface area contributed by atoms with Crippen LogP contribution in [-0.4, -0.2) is 46.2 Å². The zero-order chi connectivity index (χ0) is 21.5. The van der Waals surface area contributed by atoms with E-state index in [9.17, 15) is 13.2 Å². The molecule has 1 aliphatic rings. The van der Waals surface area contributed by atoms with Crippen LogP contribution in [0.5, 0.6) is 0 Å². The van der Waals surface area contributed by atoms with E-state index in [1.165, 1.54) is 4.90 Å². The molecule has 3 heterocycles. The van der Waals surface area contributed by atoms with Crippen LogP contribution >= 0.6 is 0 Å². The summed E-state index contributed by atoms with van der Waals surface area (Å²) in [6.45, 7) is 3.11. The lowest BCUT2D eigenvalue weighted by Gasteiger charge is -2.27. The molecule has 0 atom stereocenters. The average Bonchev–Trinajstić information content (AvgIpc) is 3.05. The van der Waals surface area contributed by atoms with Gasteiger partial charge in [-0.05, 0) is 18.9 Å². The fourth-order valence-corrected chi connectivity index (χ4v) is 4.94. The third-order valence-electron chi connectivity index (χ3n) is 5.30. The maximum Gasteiger partial charge on any atom is 0.319 e. The molecule has 4 N–H and O–H groups in total. The Bertz CT molecular complexity index is 1280. The highest BCUT2D eigenvalue weighted by Gasteiger charge is 2.29. The van der Waals surface area contributed by atoms with Crippen molar-refractivity contribution in [1.29, 1.82) is 0 Å². The maximum atomic E-state index is 11.7. The minimum Gasteiger partial charge on any atom is -0.382 e. The number of fused-ring (bicyclic) bond motifs is 3. The molecule has 0 fully saturated rings. The zero-order valence-electron chi connectivity index (χ0n) is 16.7. The van der Waals surface area contributed by atoms with Crippen molar-refractivity contribution in [2.45, 2.75) is 32.7 Å². The number of sulfone groups is 1. The van der Waals surface area contributed by atoms with Crippen LogP contribution in [-0.2, 0) is 22.8 Å². The van der Waals surface area contributed by atoms with E-state index in [-0.39, 0.29) is 5.75 Å². The summed E-state index contributed by atoms with van der Waals surface area (Å²) in [5, 5.41) is 2.11. The topological polar surface area (TPSA) is 137 Å². The number of para-hydroxylation sites is 1. The van der Waals surface area contributed by atoms with Gasteiger partial charge in [0.2, 0.25) is 0 Å². The standard InChI is InChI=1S/C20H24N6O3S/c1-2-16-24-17-18(14-7-3-4-8-15(14)23-19(17)21)26(16)10-6-5-9-25(20(22)27)13-11-30(28,29)12-13/h3-4,7-8,11H,2,5-6,9-10,12H2,1H3,(H2,21,23)(H2,22,27). The van der Waals surface area contributed by atoms with E-state index < -0.39 is 15.9 Å². The number of carbonyl (C=O) groups is 1. The van der Waals surface area contributed by atoms with Gasteiger partial charge in [0.1, 0.15) is 11.3 Å². The number of rotatable bonds is 7. The van der Waals surface area contributed by atoms with E-state index in [2.05, 4.69) is 9.55 Å². The Morgan fingerprint density at radius 1 is 1.23 bits per heavy atom. The number of urea groups is 1. The first-order valence-electron chi connectivity index (χ1n) is 9.84. The number of carbonyl (C=O) groups excluding carboxylic acids is 1. The molecule has 4 rings (SSSR count). The highest BCUT2D eigenvalue weighted by atomic mass is 32.2. The molecule has 0 spiro atoms. The molecule has 1 aromatic carbocycles. The Labute approximate surface area is 174 Å². The Morgan fingerprint density at radius 2 is 1.97 bits per heavy atom. The van der Waals surface area contributed by atoms with E-state index in [1.54, 1.807) is 0 Å². The molecule has 0 radical (unpaired) electrons. The third-order valence-corrected chi connectivity index (χ3v) is 6.63. The van der Waals surface area contributed by atoms with Crippen LogP contribution in [0.2, 0.25) is 0 Å². The van der Waals surface area contributed by atoms with Crippen LogP contribution < -0.4 is 11.5 Å². The molecular weight excluding hydrogens is 404 g/mol. The molecule has 0 saturated carbocycles. The number of aryl methyl sites for hydroxylation is 2. The zero-order valence-corrected chi connectivity index (χ0v) is 17.5. The van der Waals surface area contributed by atoms with E-state index in [0.29, 0.717) is 36.5 Å². The van der Waals surface area contributed by atoms with Crippen LogP contribution in [0.3, 0.4) is 0 Å². The number of imidazole rings is 1. The number of aromatic nitrogens is 3. The number of hydrogen-bond acceptors (Lipinski definition) is 6. The molecule has 10 heteroatoms. The second kappa shape index (κ2) is 7.60. The number of amides is 2. The summed E-state index contributed by atoms with van der Waals surface area (Å²) >= 11 is 0. The van der Waals surface area contributed by atoms with Crippen LogP contribution in [0.4, 0.5) is 10.6 Å². The summed E-state index contributed by atoms with van der Waals surface area (Å²) < 4.78 is 24.9. The van der Waals surface area contributed by atoms with Crippen LogP contribution in [0.1, 0.15) is 25.6 Å². The third kappa shape index (κ3) is 3.58. The Balaban J connectivity index is 1.56. The van der Waals surface area contributed by atoms with Crippen molar-refractivity contribution in [3.63, 3.8) is 0 Å². The quantitative estimate of drug-likeness (QED) is 0.553. The monoisotopic (exact) mass is 428 g/mol. The first-order valence-corrected chi connectivity index (χ1v) is 11.6. The average molecular weight is 429 g/mol.